The first-order valence-corrected chi connectivity index (χ1v) is 12.4. The van der Waals surface area contributed by atoms with E-state index in [1.165, 1.54) is 22.3 Å². The number of benzene rings is 2. The second kappa shape index (κ2) is 9.50. The summed E-state index contributed by atoms with van der Waals surface area (Å²) in [5.74, 6) is -0.0409. The summed E-state index contributed by atoms with van der Waals surface area (Å²) in [6.07, 6.45) is 0. The number of Topliss-reactive ketones (excluding diaryl/α,β-unsaturated/α-hetero) is 1. The Labute approximate surface area is 211 Å². The number of thiazole rings is 1. The number of anilines is 1. The molecular formula is C27H24N2O6S. The number of ketones is 1. The number of amides is 1. The Balaban J connectivity index is 1.65. The summed E-state index contributed by atoms with van der Waals surface area (Å²) in [5, 5.41) is 11.3. The Hall–Kier alpha value is -4.11. The van der Waals surface area contributed by atoms with Crippen molar-refractivity contribution in [2.75, 3.05) is 18.1 Å². The number of aromatic nitrogens is 1. The zero-order chi connectivity index (χ0) is 25.4. The molecule has 0 bridgehead atoms. The van der Waals surface area contributed by atoms with Crippen molar-refractivity contribution in [3.8, 4) is 11.5 Å². The summed E-state index contributed by atoms with van der Waals surface area (Å²) in [6, 6.07) is 14.9. The number of aliphatic hydroxyl groups is 1. The minimum Gasteiger partial charge on any atom is -0.503 e. The van der Waals surface area contributed by atoms with Crippen molar-refractivity contribution in [1.82, 2.24) is 4.98 Å². The molecule has 4 aromatic rings. The second-order valence-electron chi connectivity index (χ2n) is 8.14. The number of furan rings is 1. The van der Waals surface area contributed by atoms with E-state index in [4.69, 9.17) is 13.9 Å². The standard InChI is InChI=1S/C27H24N2O6S/c1-4-33-17-8-6-7-16(13-17)23-22(24(30)20-12-9-15(3)35-20)25(31)26(32)29(23)27-28-19-11-10-18(34-5-2)14-21(19)36-27/h6-14,23,31H,4-5H2,1-3H3. The maximum Gasteiger partial charge on any atom is 0.296 e. The van der Waals surface area contributed by atoms with Crippen LogP contribution in [0.5, 0.6) is 11.5 Å². The van der Waals surface area contributed by atoms with E-state index < -0.39 is 23.5 Å². The van der Waals surface area contributed by atoms with Crippen LogP contribution in [0.4, 0.5) is 5.13 Å². The van der Waals surface area contributed by atoms with Gasteiger partial charge in [0.2, 0.25) is 5.78 Å². The molecule has 5 rings (SSSR count). The van der Waals surface area contributed by atoms with Crippen molar-refractivity contribution in [2.45, 2.75) is 26.8 Å². The van der Waals surface area contributed by atoms with E-state index in [2.05, 4.69) is 4.98 Å². The Morgan fingerprint density at radius 1 is 1.08 bits per heavy atom. The fourth-order valence-electron chi connectivity index (χ4n) is 4.23. The predicted octanol–water partition coefficient (Wildman–Crippen LogP) is 5.78. The third kappa shape index (κ3) is 4.11. The molecule has 8 nitrogen and oxygen atoms in total. The maximum atomic E-state index is 13.5. The Morgan fingerprint density at radius 2 is 1.83 bits per heavy atom. The van der Waals surface area contributed by atoms with Crippen LogP contribution in [0.15, 0.2) is 70.3 Å². The largest absolute Gasteiger partial charge is 0.503 e. The molecule has 1 N–H and O–H groups in total. The minimum atomic E-state index is -0.928. The summed E-state index contributed by atoms with van der Waals surface area (Å²) in [5.41, 5.74) is 1.20. The van der Waals surface area contributed by atoms with Crippen LogP contribution in [0.3, 0.4) is 0 Å². The molecule has 0 saturated carbocycles. The molecule has 1 atom stereocenters. The van der Waals surface area contributed by atoms with Crippen molar-refractivity contribution in [3.63, 3.8) is 0 Å². The molecule has 0 aliphatic carbocycles. The molecule has 1 unspecified atom stereocenters. The summed E-state index contributed by atoms with van der Waals surface area (Å²) in [4.78, 5) is 33.0. The van der Waals surface area contributed by atoms with Gasteiger partial charge in [-0.05, 0) is 68.8 Å². The van der Waals surface area contributed by atoms with Gasteiger partial charge in [0.25, 0.3) is 5.91 Å². The zero-order valence-corrected chi connectivity index (χ0v) is 20.8. The lowest BCUT2D eigenvalue weighted by Crippen LogP contribution is -2.31. The molecular weight excluding hydrogens is 480 g/mol. The maximum absolute atomic E-state index is 13.5. The highest BCUT2D eigenvalue weighted by Crippen LogP contribution is 2.45. The fourth-order valence-corrected chi connectivity index (χ4v) is 5.25. The molecule has 1 amide bonds. The van der Waals surface area contributed by atoms with Gasteiger partial charge in [-0.15, -0.1) is 0 Å². The lowest BCUT2D eigenvalue weighted by Gasteiger charge is -2.24. The van der Waals surface area contributed by atoms with E-state index in [1.54, 1.807) is 37.3 Å². The smallest absolute Gasteiger partial charge is 0.296 e. The zero-order valence-electron chi connectivity index (χ0n) is 20.0. The number of hydrogen-bond acceptors (Lipinski definition) is 8. The van der Waals surface area contributed by atoms with E-state index in [1.807, 2.05) is 32.0 Å². The number of nitrogens with zero attached hydrogens (tertiary/aromatic N) is 2. The lowest BCUT2D eigenvalue weighted by molar-refractivity contribution is -0.117. The van der Waals surface area contributed by atoms with Gasteiger partial charge in [-0.25, -0.2) is 4.98 Å². The van der Waals surface area contributed by atoms with Gasteiger partial charge in [0.05, 0.1) is 35.0 Å². The van der Waals surface area contributed by atoms with Crippen molar-refractivity contribution >= 4 is 38.4 Å². The summed E-state index contributed by atoms with van der Waals surface area (Å²) < 4.78 is 17.6. The number of hydrogen-bond donors (Lipinski definition) is 1. The first-order chi connectivity index (χ1) is 17.4. The number of ether oxygens (including phenoxy) is 2. The van der Waals surface area contributed by atoms with E-state index in [0.717, 1.165) is 4.70 Å². The number of fused-ring (bicyclic) bond motifs is 1. The normalized spacial score (nSPS) is 15.7. The van der Waals surface area contributed by atoms with E-state index >= 15 is 0 Å². The first-order valence-electron chi connectivity index (χ1n) is 11.5. The average molecular weight is 505 g/mol. The van der Waals surface area contributed by atoms with E-state index in [-0.39, 0.29) is 11.3 Å². The van der Waals surface area contributed by atoms with Crippen LogP contribution >= 0.6 is 11.3 Å². The van der Waals surface area contributed by atoms with Gasteiger partial charge in [-0.3, -0.25) is 14.5 Å². The number of rotatable bonds is 8. The van der Waals surface area contributed by atoms with Crippen LogP contribution in [-0.4, -0.2) is 35.0 Å². The summed E-state index contributed by atoms with van der Waals surface area (Å²) in [7, 11) is 0. The van der Waals surface area contributed by atoms with Crippen LogP contribution in [0.2, 0.25) is 0 Å². The van der Waals surface area contributed by atoms with Crippen LogP contribution in [-0.2, 0) is 4.79 Å². The van der Waals surface area contributed by atoms with Crippen molar-refractivity contribution < 1.29 is 28.6 Å². The van der Waals surface area contributed by atoms with Crippen molar-refractivity contribution in [2.24, 2.45) is 0 Å². The van der Waals surface area contributed by atoms with E-state index in [9.17, 15) is 14.7 Å². The molecule has 3 heterocycles. The molecule has 2 aromatic carbocycles. The van der Waals surface area contributed by atoms with Gasteiger partial charge in [0.15, 0.2) is 16.7 Å². The Kier molecular flexibility index (Phi) is 6.24. The molecule has 0 spiro atoms. The van der Waals surface area contributed by atoms with Crippen molar-refractivity contribution in [1.29, 1.82) is 0 Å². The molecule has 1 aliphatic rings. The molecule has 9 heteroatoms. The quantitative estimate of drug-likeness (QED) is 0.304. The number of aliphatic hydroxyl groups excluding tert-OH is 1. The van der Waals surface area contributed by atoms with Gasteiger partial charge >= 0.3 is 0 Å². The Morgan fingerprint density at radius 3 is 2.53 bits per heavy atom. The average Bonchev–Trinajstić information content (AvgIpc) is 3.55. The highest BCUT2D eigenvalue weighted by Gasteiger charge is 2.46. The molecule has 184 valence electrons. The molecule has 1 aliphatic heterocycles. The van der Waals surface area contributed by atoms with Gasteiger partial charge in [0.1, 0.15) is 17.3 Å². The number of carbonyl (C=O) groups is 2. The van der Waals surface area contributed by atoms with Gasteiger partial charge in [-0.2, -0.15) is 0 Å². The number of aryl methyl sites for hydroxylation is 1. The van der Waals surface area contributed by atoms with Gasteiger partial charge in [0, 0.05) is 0 Å². The van der Waals surface area contributed by atoms with Crippen LogP contribution in [0.25, 0.3) is 10.2 Å². The highest BCUT2D eigenvalue weighted by atomic mass is 32.1. The van der Waals surface area contributed by atoms with Crippen LogP contribution in [0, 0.1) is 6.92 Å². The number of carbonyl (C=O) groups excluding carboxylic acids is 2. The topological polar surface area (TPSA) is 102 Å². The highest BCUT2D eigenvalue weighted by molar-refractivity contribution is 7.22. The predicted molar refractivity (Wildman–Crippen MR) is 136 cm³/mol. The molecule has 2 aromatic heterocycles. The minimum absolute atomic E-state index is 0.0420. The summed E-state index contributed by atoms with van der Waals surface area (Å²) >= 11 is 1.28. The SMILES string of the molecule is CCOc1cccc(C2C(C(=O)c3ccc(C)o3)=C(O)C(=O)N2c2nc3ccc(OCC)cc3s2)c1. The fraction of sp³-hybridized carbons (Fsp3) is 0.222. The summed E-state index contributed by atoms with van der Waals surface area (Å²) in [6.45, 7) is 6.47. The van der Waals surface area contributed by atoms with Crippen LogP contribution < -0.4 is 14.4 Å². The lowest BCUT2D eigenvalue weighted by atomic mass is 9.95. The third-order valence-electron chi connectivity index (χ3n) is 5.77. The molecule has 0 radical (unpaired) electrons. The van der Waals surface area contributed by atoms with Gasteiger partial charge < -0.3 is 19.0 Å². The third-order valence-corrected chi connectivity index (χ3v) is 6.78. The first kappa shape index (κ1) is 23.6. The molecule has 0 saturated heterocycles. The monoisotopic (exact) mass is 504 g/mol. The van der Waals surface area contributed by atoms with Crippen LogP contribution in [0.1, 0.15) is 41.8 Å². The van der Waals surface area contributed by atoms with Gasteiger partial charge in [-0.1, -0.05) is 23.5 Å². The molecule has 0 fully saturated rings. The second-order valence-corrected chi connectivity index (χ2v) is 9.15. The molecule has 36 heavy (non-hydrogen) atoms. The van der Waals surface area contributed by atoms with E-state index in [0.29, 0.717) is 46.7 Å². The Bertz CT molecular complexity index is 1500. The van der Waals surface area contributed by atoms with Crippen molar-refractivity contribution in [3.05, 3.63) is 83.0 Å².